The zero-order valence-electron chi connectivity index (χ0n) is 12.1. The van der Waals surface area contributed by atoms with E-state index < -0.39 is 6.04 Å². The summed E-state index contributed by atoms with van der Waals surface area (Å²) in [7, 11) is 0. The summed E-state index contributed by atoms with van der Waals surface area (Å²) >= 11 is 0. The van der Waals surface area contributed by atoms with E-state index in [0.29, 0.717) is 5.92 Å². The van der Waals surface area contributed by atoms with Crippen LogP contribution in [0.15, 0.2) is 30.3 Å². The van der Waals surface area contributed by atoms with Crippen LogP contribution in [0.1, 0.15) is 44.2 Å². The van der Waals surface area contributed by atoms with E-state index in [1.54, 1.807) is 0 Å². The number of fused-ring (bicyclic) bond motifs is 2. The highest BCUT2D eigenvalue weighted by atomic mass is 16.2. The Bertz CT molecular complexity index is 473. The first-order valence-corrected chi connectivity index (χ1v) is 7.76. The quantitative estimate of drug-likeness (QED) is 0.885. The summed E-state index contributed by atoms with van der Waals surface area (Å²) in [6, 6.07) is 9.28. The predicted octanol–water partition coefficient (Wildman–Crippen LogP) is 2.63. The lowest BCUT2D eigenvalue weighted by Crippen LogP contribution is -2.44. The molecule has 0 aliphatic heterocycles. The SMILES string of the molecule is CC(NC(=O)C(N)c1ccccc1)C1CC2CCC1C2. The summed E-state index contributed by atoms with van der Waals surface area (Å²) in [6.45, 7) is 2.14. The molecule has 2 saturated carbocycles. The maximum atomic E-state index is 12.3. The van der Waals surface area contributed by atoms with Gasteiger partial charge in [-0.1, -0.05) is 36.8 Å². The van der Waals surface area contributed by atoms with Crippen molar-refractivity contribution >= 4 is 5.91 Å². The molecule has 1 aromatic carbocycles. The molecule has 2 bridgehead atoms. The van der Waals surface area contributed by atoms with Crippen molar-refractivity contribution in [1.29, 1.82) is 0 Å². The van der Waals surface area contributed by atoms with Gasteiger partial charge in [0.05, 0.1) is 0 Å². The Morgan fingerprint density at radius 2 is 2.00 bits per heavy atom. The molecule has 0 spiro atoms. The third kappa shape index (κ3) is 2.59. The van der Waals surface area contributed by atoms with Gasteiger partial charge in [0.1, 0.15) is 6.04 Å². The Labute approximate surface area is 120 Å². The second-order valence-corrected chi connectivity index (χ2v) is 6.52. The Hall–Kier alpha value is -1.35. The normalized spacial score (nSPS) is 31.0. The fourth-order valence-electron chi connectivity index (χ4n) is 4.14. The van der Waals surface area contributed by atoms with Crippen molar-refractivity contribution in [3.63, 3.8) is 0 Å². The number of hydrogen-bond donors (Lipinski definition) is 2. The summed E-state index contributed by atoms with van der Waals surface area (Å²) < 4.78 is 0. The van der Waals surface area contributed by atoms with E-state index in [-0.39, 0.29) is 11.9 Å². The number of carbonyl (C=O) groups is 1. The summed E-state index contributed by atoms with van der Waals surface area (Å²) in [5, 5.41) is 3.14. The van der Waals surface area contributed by atoms with Gasteiger partial charge >= 0.3 is 0 Å². The van der Waals surface area contributed by atoms with Crippen LogP contribution < -0.4 is 11.1 Å². The van der Waals surface area contributed by atoms with Gasteiger partial charge in [0.2, 0.25) is 5.91 Å². The highest BCUT2D eigenvalue weighted by Crippen LogP contribution is 2.49. The van der Waals surface area contributed by atoms with E-state index in [1.807, 2.05) is 30.3 Å². The summed E-state index contributed by atoms with van der Waals surface area (Å²) in [5.41, 5.74) is 6.93. The van der Waals surface area contributed by atoms with Crippen LogP contribution in [0, 0.1) is 17.8 Å². The average Bonchev–Trinajstić information content (AvgIpc) is 3.10. The monoisotopic (exact) mass is 272 g/mol. The Morgan fingerprint density at radius 1 is 1.25 bits per heavy atom. The van der Waals surface area contributed by atoms with E-state index in [0.717, 1.165) is 17.4 Å². The highest BCUT2D eigenvalue weighted by Gasteiger charge is 2.42. The number of benzene rings is 1. The highest BCUT2D eigenvalue weighted by molar-refractivity contribution is 5.83. The van der Waals surface area contributed by atoms with Crippen LogP contribution in [0.4, 0.5) is 0 Å². The lowest BCUT2D eigenvalue weighted by Gasteiger charge is -2.29. The molecule has 2 fully saturated rings. The first-order chi connectivity index (χ1) is 9.65. The number of carbonyl (C=O) groups excluding carboxylic acids is 1. The van der Waals surface area contributed by atoms with Crippen molar-refractivity contribution < 1.29 is 4.79 Å². The van der Waals surface area contributed by atoms with Crippen LogP contribution in [0.5, 0.6) is 0 Å². The Kier molecular flexibility index (Phi) is 3.79. The molecule has 0 aromatic heterocycles. The van der Waals surface area contributed by atoms with Crippen molar-refractivity contribution in [2.24, 2.45) is 23.5 Å². The molecule has 2 aliphatic rings. The summed E-state index contributed by atoms with van der Waals surface area (Å²) in [5.74, 6) is 2.34. The van der Waals surface area contributed by atoms with Crippen LogP contribution in [0.25, 0.3) is 0 Å². The number of nitrogens with two attached hydrogens (primary N) is 1. The van der Waals surface area contributed by atoms with Crippen LogP contribution in [0.3, 0.4) is 0 Å². The molecule has 3 nitrogen and oxygen atoms in total. The van der Waals surface area contributed by atoms with E-state index >= 15 is 0 Å². The van der Waals surface area contributed by atoms with Crippen molar-refractivity contribution in [1.82, 2.24) is 5.32 Å². The van der Waals surface area contributed by atoms with E-state index in [2.05, 4.69) is 12.2 Å². The van der Waals surface area contributed by atoms with Crippen molar-refractivity contribution in [2.45, 2.75) is 44.7 Å². The molecule has 5 atom stereocenters. The molecule has 1 aromatic rings. The molecule has 0 heterocycles. The van der Waals surface area contributed by atoms with Gasteiger partial charge < -0.3 is 11.1 Å². The predicted molar refractivity (Wildman–Crippen MR) is 79.9 cm³/mol. The average molecular weight is 272 g/mol. The first kappa shape index (κ1) is 13.6. The summed E-state index contributed by atoms with van der Waals surface area (Å²) in [4.78, 5) is 12.3. The fraction of sp³-hybridized carbons (Fsp3) is 0.588. The molecule has 0 saturated heterocycles. The molecule has 3 rings (SSSR count). The number of amides is 1. The van der Waals surface area contributed by atoms with Gasteiger partial charge in [-0.05, 0) is 49.5 Å². The maximum Gasteiger partial charge on any atom is 0.241 e. The van der Waals surface area contributed by atoms with Gasteiger partial charge in [0.15, 0.2) is 0 Å². The number of rotatable bonds is 4. The zero-order chi connectivity index (χ0) is 14.1. The minimum Gasteiger partial charge on any atom is -0.352 e. The fourth-order valence-corrected chi connectivity index (χ4v) is 4.14. The van der Waals surface area contributed by atoms with Crippen molar-refractivity contribution in [3.05, 3.63) is 35.9 Å². The molecule has 108 valence electrons. The van der Waals surface area contributed by atoms with Crippen molar-refractivity contribution in [3.8, 4) is 0 Å². The van der Waals surface area contributed by atoms with Crippen LogP contribution in [-0.4, -0.2) is 11.9 Å². The largest absolute Gasteiger partial charge is 0.352 e. The third-order valence-electron chi connectivity index (χ3n) is 5.25. The second-order valence-electron chi connectivity index (χ2n) is 6.52. The van der Waals surface area contributed by atoms with Gasteiger partial charge in [0, 0.05) is 6.04 Å². The van der Waals surface area contributed by atoms with Gasteiger partial charge in [0.25, 0.3) is 0 Å². The molecule has 3 N–H and O–H groups in total. The van der Waals surface area contributed by atoms with E-state index in [4.69, 9.17) is 5.73 Å². The standard InChI is InChI=1S/C17H24N2O/c1-11(15-10-12-7-8-14(15)9-12)19-17(20)16(18)13-5-3-2-4-6-13/h2-6,11-12,14-16H,7-10,18H2,1H3,(H,19,20). The Balaban J connectivity index is 1.58. The van der Waals surface area contributed by atoms with Gasteiger partial charge in [-0.3, -0.25) is 4.79 Å². The molecular weight excluding hydrogens is 248 g/mol. The molecule has 2 aliphatic carbocycles. The molecule has 20 heavy (non-hydrogen) atoms. The number of hydrogen-bond acceptors (Lipinski definition) is 2. The minimum absolute atomic E-state index is 0.0496. The smallest absolute Gasteiger partial charge is 0.241 e. The maximum absolute atomic E-state index is 12.3. The van der Waals surface area contributed by atoms with E-state index in [9.17, 15) is 4.79 Å². The molecule has 3 heteroatoms. The summed E-state index contributed by atoms with van der Waals surface area (Å²) in [6.07, 6.45) is 5.40. The topological polar surface area (TPSA) is 55.1 Å². The second kappa shape index (κ2) is 5.57. The van der Waals surface area contributed by atoms with Crippen LogP contribution >= 0.6 is 0 Å². The van der Waals surface area contributed by atoms with E-state index in [1.165, 1.54) is 25.7 Å². The van der Waals surface area contributed by atoms with Crippen molar-refractivity contribution in [2.75, 3.05) is 0 Å². The molecule has 0 radical (unpaired) electrons. The molecular formula is C17H24N2O. The van der Waals surface area contributed by atoms with Gasteiger partial charge in [-0.15, -0.1) is 0 Å². The lowest BCUT2D eigenvalue weighted by atomic mass is 9.84. The van der Waals surface area contributed by atoms with Crippen LogP contribution in [-0.2, 0) is 4.79 Å². The van der Waals surface area contributed by atoms with Gasteiger partial charge in [-0.25, -0.2) is 0 Å². The molecule has 5 unspecified atom stereocenters. The Morgan fingerprint density at radius 3 is 2.60 bits per heavy atom. The van der Waals surface area contributed by atoms with Gasteiger partial charge in [-0.2, -0.15) is 0 Å². The van der Waals surface area contributed by atoms with Crippen LogP contribution in [0.2, 0.25) is 0 Å². The zero-order valence-corrected chi connectivity index (χ0v) is 12.1. The lowest BCUT2D eigenvalue weighted by molar-refractivity contribution is -0.123. The first-order valence-electron chi connectivity index (χ1n) is 7.76. The number of nitrogens with one attached hydrogen (secondary N) is 1. The molecule has 1 amide bonds. The third-order valence-corrected chi connectivity index (χ3v) is 5.25. The minimum atomic E-state index is -0.558.